The normalized spacial score (nSPS) is 10.0. The van der Waals surface area contributed by atoms with E-state index in [0.29, 0.717) is 23.5 Å². The van der Waals surface area contributed by atoms with Crippen molar-refractivity contribution in [3.8, 4) is 22.6 Å². The molecule has 1 amide bonds. The molecule has 114 valence electrons. The second-order valence-corrected chi connectivity index (χ2v) is 4.29. The number of nitro benzene ring substituents is 1. The van der Waals surface area contributed by atoms with Crippen LogP contribution in [0.3, 0.4) is 0 Å². The molecule has 2 aromatic rings. The maximum atomic E-state index is 11.3. The number of hydrogen-bond acceptors (Lipinski definition) is 5. The quantitative estimate of drug-likeness (QED) is 0.674. The fourth-order valence-electron chi connectivity index (χ4n) is 2.04. The van der Waals surface area contributed by atoms with E-state index >= 15 is 0 Å². The van der Waals surface area contributed by atoms with Crippen molar-refractivity contribution in [1.82, 2.24) is 0 Å². The minimum atomic E-state index is -1.03. The van der Waals surface area contributed by atoms with Crippen LogP contribution in [0.2, 0.25) is 0 Å². The molecule has 0 spiro atoms. The number of benzene rings is 2. The van der Waals surface area contributed by atoms with Crippen LogP contribution in [0.15, 0.2) is 42.5 Å². The molecule has 0 aromatic heterocycles. The predicted molar refractivity (Wildman–Crippen MR) is 79.9 cm³/mol. The fraction of sp³-hybridized carbons (Fsp3) is 0.133. The molecule has 0 aliphatic heterocycles. The van der Waals surface area contributed by atoms with Crippen LogP contribution >= 0.6 is 0 Å². The summed E-state index contributed by atoms with van der Waals surface area (Å²) in [5.41, 5.74) is 5.66. The number of rotatable bonds is 5. The molecule has 2 N–H and O–H groups in total. The van der Waals surface area contributed by atoms with Gasteiger partial charge in [0, 0.05) is 5.56 Å². The van der Waals surface area contributed by atoms with Gasteiger partial charge in [-0.1, -0.05) is 18.2 Å². The van der Waals surface area contributed by atoms with Crippen LogP contribution in [0.4, 0.5) is 10.5 Å². The Morgan fingerprint density at radius 1 is 1.23 bits per heavy atom. The van der Waals surface area contributed by atoms with Crippen LogP contribution in [-0.2, 0) is 0 Å². The molecule has 0 fully saturated rings. The first-order valence-electron chi connectivity index (χ1n) is 6.51. The summed E-state index contributed by atoms with van der Waals surface area (Å²) in [4.78, 5) is 21.5. The van der Waals surface area contributed by atoms with E-state index in [1.165, 1.54) is 12.1 Å². The van der Waals surface area contributed by atoms with Crippen LogP contribution in [0.5, 0.6) is 11.5 Å². The molecule has 0 heterocycles. The summed E-state index contributed by atoms with van der Waals surface area (Å²) in [6.07, 6.45) is -1.03. The molecule has 0 saturated carbocycles. The zero-order valence-electron chi connectivity index (χ0n) is 11.8. The second kappa shape index (κ2) is 6.57. The highest BCUT2D eigenvalue weighted by atomic mass is 16.6. The summed E-state index contributed by atoms with van der Waals surface area (Å²) in [6.45, 7) is 2.27. The van der Waals surface area contributed by atoms with E-state index in [-0.39, 0.29) is 11.4 Å². The van der Waals surface area contributed by atoms with Crippen LogP contribution in [0, 0.1) is 10.1 Å². The number of carbonyl (C=O) groups is 1. The van der Waals surface area contributed by atoms with E-state index in [2.05, 4.69) is 4.74 Å². The van der Waals surface area contributed by atoms with E-state index in [4.69, 9.17) is 10.5 Å². The molecule has 0 saturated heterocycles. The van der Waals surface area contributed by atoms with Gasteiger partial charge in [-0.05, 0) is 25.1 Å². The Bertz CT molecular complexity index is 715. The van der Waals surface area contributed by atoms with E-state index in [1.807, 2.05) is 6.92 Å². The highest BCUT2D eigenvalue weighted by Gasteiger charge is 2.20. The smallest absolute Gasteiger partial charge is 0.409 e. The van der Waals surface area contributed by atoms with Crippen molar-refractivity contribution in [1.29, 1.82) is 0 Å². The van der Waals surface area contributed by atoms with Crippen molar-refractivity contribution >= 4 is 11.8 Å². The fourth-order valence-corrected chi connectivity index (χ4v) is 2.04. The monoisotopic (exact) mass is 302 g/mol. The summed E-state index contributed by atoms with van der Waals surface area (Å²) in [5, 5.41) is 11.3. The molecule has 7 heteroatoms. The third kappa shape index (κ3) is 3.32. The van der Waals surface area contributed by atoms with Gasteiger partial charge in [-0.25, -0.2) is 4.79 Å². The van der Waals surface area contributed by atoms with E-state index in [9.17, 15) is 14.9 Å². The summed E-state index contributed by atoms with van der Waals surface area (Å²) in [7, 11) is 0. The minimum absolute atomic E-state index is 0.0110. The second-order valence-electron chi connectivity index (χ2n) is 4.29. The van der Waals surface area contributed by atoms with E-state index < -0.39 is 11.0 Å². The lowest BCUT2D eigenvalue weighted by atomic mass is 10.0. The van der Waals surface area contributed by atoms with Crippen LogP contribution < -0.4 is 15.2 Å². The Morgan fingerprint density at radius 3 is 2.59 bits per heavy atom. The summed E-state index contributed by atoms with van der Waals surface area (Å²) in [6, 6.07) is 11.1. The topological polar surface area (TPSA) is 105 Å². The maximum Gasteiger partial charge on any atom is 0.409 e. The molecule has 0 radical (unpaired) electrons. The molecule has 22 heavy (non-hydrogen) atoms. The zero-order chi connectivity index (χ0) is 16.1. The van der Waals surface area contributed by atoms with E-state index in [1.54, 1.807) is 24.3 Å². The van der Waals surface area contributed by atoms with Gasteiger partial charge in [0.2, 0.25) is 0 Å². The Kier molecular flexibility index (Phi) is 4.57. The lowest BCUT2D eigenvalue weighted by Gasteiger charge is -2.11. The maximum absolute atomic E-state index is 11.3. The Hall–Kier alpha value is -3.09. The lowest BCUT2D eigenvalue weighted by molar-refractivity contribution is -0.384. The standard InChI is InChI=1S/C15H14N2O5/c1-2-21-14-6-4-3-5-12(14)11-8-7-10(22-15(16)18)9-13(11)17(19)20/h3-9H,2H2,1H3,(H2,16,18). The van der Waals surface area contributed by atoms with Gasteiger partial charge in [0.25, 0.3) is 5.69 Å². The van der Waals surface area contributed by atoms with Crippen LogP contribution in [0.1, 0.15) is 6.92 Å². The number of ether oxygens (including phenoxy) is 2. The van der Waals surface area contributed by atoms with Gasteiger partial charge >= 0.3 is 6.09 Å². The zero-order valence-corrected chi connectivity index (χ0v) is 11.8. The van der Waals surface area contributed by atoms with Gasteiger partial charge in [0.1, 0.15) is 11.5 Å². The van der Waals surface area contributed by atoms with Crippen molar-refractivity contribution in [3.63, 3.8) is 0 Å². The number of nitrogens with zero attached hydrogens (tertiary/aromatic N) is 1. The first kappa shape index (κ1) is 15.3. The SMILES string of the molecule is CCOc1ccccc1-c1ccc(OC(N)=O)cc1[N+](=O)[O-]. The molecule has 2 rings (SSSR count). The van der Waals surface area contributed by atoms with Crippen LogP contribution in [0.25, 0.3) is 11.1 Å². The molecular weight excluding hydrogens is 288 g/mol. The van der Waals surface area contributed by atoms with Crippen molar-refractivity contribution in [2.24, 2.45) is 5.73 Å². The minimum Gasteiger partial charge on any atom is -0.493 e. The van der Waals surface area contributed by atoms with Crippen molar-refractivity contribution in [2.75, 3.05) is 6.61 Å². The molecule has 2 aromatic carbocycles. The largest absolute Gasteiger partial charge is 0.493 e. The van der Waals surface area contributed by atoms with Crippen LogP contribution in [-0.4, -0.2) is 17.6 Å². The third-order valence-electron chi connectivity index (χ3n) is 2.86. The van der Waals surface area contributed by atoms with Gasteiger partial charge in [-0.15, -0.1) is 0 Å². The molecule has 0 aliphatic carbocycles. The lowest BCUT2D eigenvalue weighted by Crippen LogP contribution is -2.16. The first-order chi connectivity index (χ1) is 10.5. The highest BCUT2D eigenvalue weighted by Crippen LogP contribution is 2.38. The predicted octanol–water partition coefficient (Wildman–Crippen LogP) is 3.12. The van der Waals surface area contributed by atoms with Gasteiger partial charge in [0.15, 0.2) is 0 Å². The summed E-state index contributed by atoms with van der Waals surface area (Å²) >= 11 is 0. The molecule has 0 bridgehead atoms. The molecule has 0 atom stereocenters. The number of amides is 1. The van der Waals surface area contributed by atoms with Crippen molar-refractivity contribution in [2.45, 2.75) is 6.92 Å². The molecule has 0 unspecified atom stereocenters. The van der Waals surface area contributed by atoms with Gasteiger partial charge in [0.05, 0.1) is 23.2 Å². The molecular formula is C15H14N2O5. The van der Waals surface area contributed by atoms with Gasteiger partial charge in [-0.2, -0.15) is 0 Å². The van der Waals surface area contributed by atoms with E-state index in [0.717, 1.165) is 6.07 Å². The number of hydrogen-bond donors (Lipinski definition) is 1. The van der Waals surface area contributed by atoms with Gasteiger partial charge in [-0.3, -0.25) is 10.1 Å². The number of nitrogens with two attached hydrogens (primary N) is 1. The third-order valence-corrected chi connectivity index (χ3v) is 2.86. The number of nitro groups is 1. The summed E-state index contributed by atoms with van der Waals surface area (Å²) < 4.78 is 10.2. The number of primary amides is 1. The average molecular weight is 302 g/mol. The number of para-hydroxylation sites is 1. The van der Waals surface area contributed by atoms with Crippen molar-refractivity contribution < 1.29 is 19.2 Å². The first-order valence-corrected chi connectivity index (χ1v) is 6.51. The number of carbonyl (C=O) groups excluding carboxylic acids is 1. The molecule has 0 aliphatic rings. The Balaban J connectivity index is 2.55. The van der Waals surface area contributed by atoms with Crippen molar-refractivity contribution in [3.05, 3.63) is 52.6 Å². The highest BCUT2D eigenvalue weighted by molar-refractivity contribution is 5.79. The summed E-state index contributed by atoms with van der Waals surface area (Å²) in [5.74, 6) is 0.550. The average Bonchev–Trinajstić information content (AvgIpc) is 2.47. The Labute approximate surface area is 126 Å². The van der Waals surface area contributed by atoms with Gasteiger partial charge < -0.3 is 15.2 Å². The molecule has 7 nitrogen and oxygen atoms in total. The Morgan fingerprint density at radius 2 is 1.95 bits per heavy atom.